The van der Waals surface area contributed by atoms with Gasteiger partial charge in [0.1, 0.15) is 5.69 Å². The zero-order valence-corrected chi connectivity index (χ0v) is 15.3. The molecule has 1 aliphatic rings. The number of rotatable bonds is 5. The lowest BCUT2D eigenvalue weighted by Gasteiger charge is -2.37. The van der Waals surface area contributed by atoms with E-state index in [1.807, 2.05) is 29.2 Å². The normalized spacial score (nSPS) is 14.1. The summed E-state index contributed by atoms with van der Waals surface area (Å²) in [6, 6.07) is 9.81. The third-order valence-electron chi connectivity index (χ3n) is 4.48. The largest absolute Gasteiger partial charge is 0.490 e. The molecule has 1 saturated heterocycles. The molecular weight excluding hydrogens is 376 g/mol. The molecule has 0 radical (unpaired) electrons. The highest BCUT2D eigenvalue weighted by atomic mass is 35.5. The van der Waals surface area contributed by atoms with Gasteiger partial charge in [0.15, 0.2) is 5.75 Å². The summed E-state index contributed by atoms with van der Waals surface area (Å²) < 4.78 is 5.06. The van der Waals surface area contributed by atoms with Crippen molar-refractivity contribution in [1.29, 1.82) is 0 Å². The first kappa shape index (κ1) is 18.7. The quantitative estimate of drug-likeness (QED) is 0.566. The summed E-state index contributed by atoms with van der Waals surface area (Å²) in [6.07, 6.45) is 0. The Bertz CT molecular complexity index is 866. The van der Waals surface area contributed by atoms with E-state index in [1.54, 1.807) is 0 Å². The van der Waals surface area contributed by atoms with Gasteiger partial charge in [-0.25, -0.2) is 0 Å². The number of hydrogen-bond donors (Lipinski definition) is 0. The Morgan fingerprint density at radius 3 is 2.00 bits per heavy atom. The van der Waals surface area contributed by atoms with E-state index in [9.17, 15) is 20.2 Å². The van der Waals surface area contributed by atoms with Crippen LogP contribution in [0.4, 0.5) is 22.7 Å². The molecule has 9 nitrogen and oxygen atoms in total. The minimum atomic E-state index is -0.686. The van der Waals surface area contributed by atoms with Crippen molar-refractivity contribution in [2.45, 2.75) is 0 Å². The monoisotopic (exact) mass is 392 g/mol. The second-order valence-corrected chi connectivity index (χ2v) is 6.41. The van der Waals surface area contributed by atoms with Gasteiger partial charge in [-0.15, -0.1) is 0 Å². The van der Waals surface area contributed by atoms with Gasteiger partial charge in [-0.1, -0.05) is 11.6 Å². The molecule has 27 heavy (non-hydrogen) atoms. The number of anilines is 2. The highest BCUT2D eigenvalue weighted by Gasteiger charge is 2.29. The van der Waals surface area contributed by atoms with E-state index >= 15 is 0 Å². The van der Waals surface area contributed by atoms with Crippen LogP contribution in [0, 0.1) is 20.2 Å². The summed E-state index contributed by atoms with van der Waals surface area (Å²) in [5.74, 6) is 0.000677. The Hall–Kier alpha value is -3.07. The molecule has 3 rings (SSSR count). The molecule has 0 amide bonds. The number of benzene rings is 2. The average Bonchev–Trinajstić information content (AvgIpc) is 2.67. The van der Waals surface area contributed by atoms with Gasteiger partial charge in [0.05, 0.1) is 23.0 Å². The number of hydrogen-bond acceptors (Lipinski definition) is 7. The molecule has 2 aromatic rings. The Morgan fingerprint density at radius 1 is 0.926 bits per heavy atom. The minimum Gasteiger partial charge on any atom is -0.490 e. The number of methoxy groups -OCH3 is 1. The summed E-state index contributed by atoms with van der Waals surface area (Å²) in [5, 5.41) is 23.2. The van der Waals surface area contributed by atoms with E-state index < -0.39 is 15.5 Å². The first-order valence-corrected chi connectivity index (χ1v) is 8.55. The molecule has 1 heterocycles. The minimum absolute atomic E-state index is 0.000677. The summed E-state index contributed by atoms with van der Waals surface area (Å²) in [4.78, 5) is 25.3. The number of nitro benzene ring substituents is 2. The van der Waals surface area contributed by atoms with Crippen molar-refractivity contribution < 1.29 is 14.6 Å². The van der Waals surface area contributed by atoms with E-state index in [0.717, 1.165) is 11.8 Å². The fourth-order valence-electron chi connectivity index (χ4n) is 3.11. The fourth-order valence-corrected chi connectivity index (χ4v) is 3.24. The third kappa shape index (κ3) is 3.87. The average molecular weight is 393 g/mol. The van der Waals surface area contributed by atoms with Crippen LogP contribution in [0.3, 0.4) is 0 Å². The second-order valence-electron chi connectivity index (χ2n) is 5.98. The molecule has 2 aromatic carbocycles. The van der Waals surface area contributed by atoms with Crippen molar-refractivity contribution in [1.82, 2.24) is 0 Å². The zero-order chi connectivity index (χ0) is 19.6. The van der Waals surface area contributed by atoms with Gasteiger partial charge >= 0.3 is 5.69 Å². The molecule has 0 aliphatic carbocycles. The number of piperazine rings is 1. The Kier molecular flexibility index (Phi) is 5.31. The van der Waals surface area contributed by atoms with Crippen LogP contribution in [0.5, 0.6) is 5.75 Å². The SMILES string of the molecule is COc1cc(N2CCN(c3ccc(Cl)cc3)CC2)c([N+](=O)[O-])cc1[N+](=O)[O-]. The van der Waals surface area contributed by atoms with E-state index in [1.165, 1.54) is 13.2 Å². The van der Waals surface area contributed by atoms with Gasteiger partial charge < -0.3 is 14.5 Å². The van der Waals surface area contributed by atoms with Crippen molar-refractivity contribution >= 4 is 34.4 Å². The Labute approximate surface area is 160 Å². The lowest BCUT2D eigenvalue weighted by Crippen LogP contribution is -2.46. The van der Waals surface area contributed by atoms with Gasteiger partial charge in [0, 0.05) is 43.0 Å². The van der Waals surface area contributed by atoms with Crippen molar-refractivity contribution in [3.8, 4) is 5.75 Å². The molecule has 0 saturated carbocycles. The van der Waals surface area contributed by atoms with Crippen LogP contribution >= 0.6 is 11.6 Å². The highest BCUT2D eigenvalue weighted by Crippen LogP contribution is 2.39. The van der Waals surface area contributed by atoms with E-state index in [-0.39, 0.29) is 11.4 Å². The van der Waals surface area contributed by atoms with Crippen molar-refractivity contribution in [2.75, 3.05) is 43.1 Å². The molecule has 0 bridgehead atoms. The summed E-state index contributed by atoms with van der Waals surface area (Å²) in [7, 11) is 1.30. The Balaban J connectivity index is 1.85. The van der Waals surface area contributed by atoms with E-state index in [4.69, 9.17) is 16.3 Å². The number of halogens is 1. The predicted molar refractivity (Wildman–Crippen MR) is 102 cm³/mol. The topological polar surface area (TPSA) is 102 Å². The number of nitro groups is 2. The van der Waals surface area contributed by atoms with Crippen molar-refractivity contribution in [3.05, 3.63) is 61.6 Å². The molecule has 10 heteroatoms. The standard InChI is InChI=1S/C17H17ClN4O5/c1-27-17-11-14(15(21(23)24)10-16(17)22(25)26)20-8-6-19(7-9-20)13-4-2-12(18)3-5-13/h2-5,10-11H,6-9H2,1H3. The zero-order valence-electron chi connectivity index (χ0n) is 14.5. The first-order valence-electron chi connectivity index (χ1n) is 8.17. The lowest BCUT2D eigenvalue weighted by molar-refractivity contribution is -0.394. The summed E-state index contributed by atoms with van der Waals surface area (Å²) >= 11 is 5.91. The molecule has 142 valence electrons. The summed E-state index contributed by atoms with van der Waals surface area (Å²) in [6.45, 7) is 2.37. The molecule has 1 aliphatic heterocycles. The van der Waals surface area contributed by atoms with Crippen LogP contribution in [-0.4, -0.2) is 43.1 Å². The molecule has 1 fully saturated rings. The molecule has 0 spiro atoms. The third-order valence-corrected chi connectivity index (χ3v) is 4.73. The smallest absolute Gasteiger partial charge is 0.317 e. The Morgan fingerprint density at radius 2 is 1.48 bits per heavy atom. The van der Waals surface area contributed by atoms with Crippen LogP contribution in [0.15, 0.2) is 36.4 Å². The van der Waals surface area contributed by atoms with Gasteiger partial charge in [-0.2, -0.15) is 0 Å². The molecular formula is C17H17ClN4O5. The maximum atomic E-state index is 11.4. The molecule has 0 aromatic heterocycles. The lowest BCUT2D eigenvalue weighted by atomic mass is 10.1. The van der Waals surface area contributed by atoms with Gasteiger partial charge in [-0.05, 0) is 24.3 Å². The predicted octanol–water partition coefficient (Wildman–Crippen LogP) is 3.49. The van der Waals surface area contributed by atoms with Crippen molar-refractivity contribution in [3.63, 3.8) is 0 Å². The molecule has 0 unspecified atom stereocenters. The van der Waals surface area contributed by atoms with Crippen LogP contribution in [-0.2, 0) is 0 Å². The second kappa shape index (κ2) is 7.67. The van der Waals surface area contributed by atoms with Crippen LogP contribution < -0.4 is 14.5 Å². The first-order chi connectivity index (χ1) is 12.9. The molecule has 0 N–H and O–H groups in total. The summed E-state index contributed by atoms with van der Waals surface area (Å²) in [5.41, 5.74) is 0.614. The van der Waals surface area contributed by atoms with Gasteiger partial charge in [-0.3, -0.25) is 20.2 Å². The maximum Gasteiger partial charge on any atom is 0.317 e. The van der Waals surface area contributed by atoms with Crippen molar-refractivity contribution in [2.24, 2.45) is 0 Å². The van der Waals surface area contributed by atoms with E-state index in [0.29, 0.717) is 36.9 Å². The van der Waals surface area contributed by atoms with Crippen LogP contribution in [0.1, 0.15) is 0 Å². The highest BCUT2D eigenvalue weighted by molar-refractivity contribution is 6.30. The van der Waals surface area contributed by atoms with Crippen LogP contribution in [0.2, 0.25) is 5.02 Å². The van der Waals surface area contributed by atoms with E-state index in [2.05, 4.69) is 4.90 Å². The number of ether oxygens (including phenoxy) is 1. The maximum absolute atomic E-state index is 11.4. The van der Waals surface area contributed by atoms with Gasteiger partial charge in [0.2, 0.25) is 0 Å². The fraction of sp³-hybridized carbons (Fsp3) is 0.294. The van der Waals surface area contributed by atoms with Crippen LogP contribution in [0.25, 0.3) is 0 Å². The number of nitrogens with zero attached hydrogens (tertiary/aromatic N) is 4. The van der Waals surface area contributed by atoms with Gasteiger partial charge in [0.25, 0.3) is 5.69 Å². The molecule has 0 atom stereocenters.